The van der Waals surface area contributed by atoms with Gasteiger partial charge in [0.15, 0.2) is 13.3 Å². The van der Waals surface area contributed by atoms with Crippen molar-refractivity contribution in [3.8, 4) is 5.75 Å². The zero-order valence-electron chi connectivity index (χ0n) is 12.4. The fourth-order valence-electron chi connectivity index (χ4n) is 1.48. The topological polar surface area (TPSA) is 59.9 Å². The zero-order chi connectivity index (χ0) is 15.0. The predicted octanol–water partition coefficient (Wildman–Crippen LogP) is 0.826. The summed E-state index contributed by atoms with van der Waals surface area (Å²) in [5.74, 6) is 0.517. The molecule has 0 atom stereocenters. The maximum atomic E-state index is 11.6. The molecule has 110 valence electrons. The smallest absolute Gasteiger partial charge is 0.295 e. The minimum absolute atomic E-state index is 0.135. The van der Waals surface area contributed by atoms with Gasteiger partial charge in [-0.2, -0.15) is 5.10 Å². The molecule has 0 saturated heterocycles. The Morgan fingerprint density at radius 1 is 1.35 bits per heavy atom. The summed E-state index contributed by atoms with van der Waals surface area (Å²) in [7, 11) is 7.38. The summed E-state index contributed by atoms with van der Waals surface area (Å²) in [5.41, 5.74) is 3.27. The van der Waals surface area contributed by atoms with Crippen LogP contribution in [0.15, 0.2) is 29.4 Å². The van der Waals surface area contributed by atoms with Gasteiger partial charge in [0.05, 0.1) is 27.4 Å². The molecule has 6 heteroatoms. The number of hydrazone groups is 1. The molecule has 1 amide bonds. The summed E-state index contributed by atoms with van der Waals surface area (Å²) in [6.07, 6.45) is 1.55. The third kappa shape index (κ3) is 6.31. The molecule has 1 aromatic carbocycles. The van der Waals surface area contributed by atoms with Crippen molar-refractivity contribution in [1.29, 1.82) is 0 Å². The highest BCUT2D eigenvalue weighted by atomic mass is 16.7. The molecule has 0 fully saturated rings. The standard InChI is InChI=1S/C14H21N3O3/c1-17(2,3)10-14(18)16-15-9-12-7-5-6-8-13(12)20-11-19-4/h5-9H,10-11H2,1-4H3/p+1/b15-9+. The molecular formula is C14H22N3O3+. The van der Waals surface area contributed by atoms with Crippen molar-refractivity contribution >= 4 is 12.1 Å². The maximum absolute atomic E-state index is 11.6. The maximum Gasteiger partial charge on any atom is 0.295 e. The van der Waals surface area contributed by atoms with Crippen LogP contribution < -0.4 is 10.2 Å². The molecule has 1 N–H and O–H groups in total. The van der Waals surface area contributed by atoms with Gasteiger partial charge in [0, 0.05) is 12.7 Å². The fourth-order valence-corrected chi connectivity index (χ4v) is 1.48. The molecule has 1 aromatic rings. The van der Waals surface area contributed by atoms with E-state index in [4.69, 9.17) is 9.47 Å². The van der Waals surface area contributed by atoms with E-state index in [-0.39, 0.29) is 12.7 Å². The lowest BCUT2D eigenvalue weighted by atomic mass is 10.2. The molecular weight excluding hydrogens is 258 g/mol. The number of ether oxygens (including phenoxy) is 2. The largest absolute Gasteiger partial charge is 0.467 e. The summed E-state index contributed by atoms with van der Waals surface area (Å²) in [4.78, 5) is 11.6. The van der Waals surface area contributed by atoms with Crippen LogP contribution in [0, 0.1) is 0 Å². The number of amides is 1. The van der Waals surface area contributed by atoms with Gasteiger partial charge in [-0.25, -0.2) is 5.43 Å². The van der Waals surface area contributed by atoms with Gasteiger partial charge in [0.2, 0.25) is 0 Å². The zero-order valence-corrected chi connectivity index (χ0v) is 12.4. The first-order valence-electron chi connectivity index (χ1n) is 6.25. The van der Waals surface area contributed by atoms with Gasteiger partial charge in [-0.05, 0) is 12.1 Å². The van der Waals surface area contributed by atoms with E-state index in [0.717, 1.165) is 5.56 Å². The lowest BCUT2D eigenvalue weighted by Gasteiger charge is -2.22. The summed E-state index contributed by atoms with van der Waals surface area (Å²) in [6, 6.07) is 7.39. The second-order valence-corrected chi connectivity index (χ2v) is 5.33. The van der Waals surface area contributed by atoms with Crippen LogP contribution >= 0.6 is 0 Å². The molecule has 6 nitrogen and oxygen atoms in total. The number of carbonyl (C=O) groups excluding carboxylic acids is 1. The summed E-state index contributed by atoms with van der Waals surface area (Å²) < 4.78 is 10.8. The van der Waals surface area contributed by atoms with E-state index in [2.05, 4.69) is 10.5 Å². The van der Waals surface area contributed by atoms with Crippen LogP contribution in [0.1, 0.15) is 5.56 Å². The highest BCUT2D eigenvalue weighted by molar-refractivity contribution is 5.85. The summed E-state index contributed by atoms with van der Waals surface area (Å²) >= 11 is 0. The minimum Gasteiger partial charge on any atom is -0.467 e. The molecule has 0 aromatic heterocycles. The van der Waals surface area contributed by atoms with Crippen LogP contribution in [0.3, 0.4) is 0 Å². The number of hydrogen-bond donors (Lipinski definition) is 1. The highest BCUT2D eigenvalue weighted by Gasteiger charge is 2.13. The molecule has 0 aliphatic carbocycles. The van der Waals surface area contributed by atoms with Gasteiger partial charge in [0.1, 0.15) is 5.75 Å². The molecule has 0 spiro atoms. The van der Waals surface area contributed by atoms with Gasteiger partial charge in [0.25, 0.3) is 5.91 Å². The average Bonchev–Trinajstić information content (AvgIpc) is 2.35. The molecule has 20 heavy (non-hydrogen) atoms. The fraction of sp³-hybridized carbons (Fsp3) is 0.429. The first-order chi connectivity index (χ1) is 9.42. The number of likely N-dealkylation sites (N-methyl/N-ethyl adjacent to an activating group) is 1. The Bertz CT molecular complexity index is 467. The summed E-state index contributed by atoms with van der Waals surface area (Å²) in [5, 5.41) is 3.94. The van der Waals surface area contributed by atoms with Crippen molar-refractivity contribution in [2.75, 3.05) is 41.6 Å². The van der Waals surface area contributed by atoms with Crippen LogP contribution in [0.25, 0.3) is 0 Å². The molecule has 0 heterocycles. The third-order valence-electron chi connectivity index (χ3n) is 2.26. The Morgan fingerprint density at radius 2 is 2.05 bits per heavy atom. The number of nitrogens with one attached hydrogen (secondary N) is 1. The number of benzene rings is 1. The van der Waals surface area contributed by atoms with Gasteiger partial charge >= 0.3 is 0 Å². The van der Waals surface area contributed by atoms with Crippen LogP contribution in [0.4, 0.5) is 0 Å². The Balaban J connectivity index is 2.59. The Morgan fingerprint density at radius 3 is 2.70 bits per heavy atom. The van der Waals surface area contributed by atoms with Crippen LogP contribution in [0.5, 0.6) is 5.75 Å². The molecule has 0 unspecified atom stereocenters. The van der Waals surface area contributed by atoms with E-state index in [0.29, 0.717) is 16.8 Å². The van der Waals surface area contributed by atoms with E-state index < -0.39 is 0 Å². The van der Waals surface area contributed by atoms with E-state index in [9.17, 15) is 4.79 Å². The third-order valence-corrected chi connectivity index (χ3v) is 2.26. The second kappa shape index (κ2) is 7.62. The second-order valence-electron chi connectivity index (χ2n) is 5.33. The van der Waals surface area contributed by atoms with E-state index >= 15 is 0 Å². The van der Waals surface area contributed by atoms with E-state index in [1.165, 1.54) is 0 Å². The molecule has 0 bridgehead atoms. The first-order valence-corrected chi connectivity index (χ1v) is 6.25. The number of rotatable bonds is 7. The molecule has 0 radical (unpaired) electrons. The van der Waals surface area contributed by atoms with Crippen molar-refractivity contribution in [1.82, 2.24) is 5.43 Å². The monoisotopic (exact) mass is 280 g/mol. The van der Waals surface area contributed by atoms with Crippen molar-refractivity contribution in [2.45, 2.75) is 0 Å². The Labute approximate surface area is 119 Å². The lowest BCUT2D eigenvalue weighted by Crippen LogP contribution is -2.43. The molecule has 0 aliphatic rings. The molecule has 0 aliphatic heterocycles. The van der Waals surface area contributed by atoms with Crippen molar-refractivity contribution in [2.24, 2.45) is 5.10 Å². The number of nitrogens with zero attached hydrogens (tertiary/aromatic N) is 2. The van der Waals surface area contributed by atoms with Crippen molar-refractivity contribution in [3.05, 3.63) is 29.8 Å². The highest BCUT2D eigenvalue weighted by Crippen LogP contribution is 2.15. The summed E-state index contributed by atoms with van der Waals surface area (Å²) in [6.45, 7) is 0.526. The van der Waals surface area contributed by atoms with Crippen LogP contribution in [-0.4, -0.2) is 58.2 Å². The van der Waals surface area contributed by atoms with Crippen LogP contribution in [-0.2, 0) is 9.53 Å². The minimum atomic E-state index is -0.135. The van der Waals surface area contributed by atoms with Gasteiger partial charge in [-0.1, -0.05) is 12.1 Å². The van der Waals surface area contributed by atoms with Crippen molar-refractivity contribution < 1.29 is 18.8 Å². The lowest BCUT2D eigenvalue weighted by molar-refractivity contribution is -0.862. The predicted molar refractivity (Wildman–Crippen MR) is 77.6 cm³/mol. The van der Waals surface area contributed by atoms with E-state index in [1.807, 2.05) is 45.4 Å². The quantitative estimate of drug-likeness (QED) is 0.348. The number of quaternary nitrogens is 1. The Kier molecular flexibility index (Phi) is 6.14. The number of carbonyl (C=O) groups is 1. The average molecular weight is 280 g/mol. The number of hydrogen-bond acceptors (Lipinski definition) is 4. The van der Waals surface area contributed by atoms with Crippen LogP contribution in [0.2, 0.25) is 0 Å². The van der Waals surface area contributed by atoms with Gasteiger partial charge in [-0.3, -0.25) is 4.79 Å². The normalized spacial score (nSPS) is 11.6. The van der Waals surface area contributed by atoms with Crippen molar-refractivity contribution in [3.63, 3.8) is 0 Å². The SMILES string of the molecule is COCOc1ccccc1/C=N/NC(=O)C[N+](C)(C)C. The Hall–Kier alpha value is -1.92. The molecule has 1 rings (SSSR count). The number of para-hydroxylation sites is 1. The van der Waals surface area contributed by atoms with Gasteiger partial charge < -0.3 is 14.0 Å². The first kappa shape index (κ1) is 16.1. The van der Waals surface area contributed by atoms with Gasteiger partial charge in [-0.15, -0.1) is 0 Å². The number of methoxy groups -OCH3 is 1. The van der Waals surface area contributed by atoms with E-state index in [1.54, 1.807) is 13.3 Å². The molecule has 0 saturated carbocycles.